The van der Waals surface area contributed by atoms with Gasteiger partial charge in [0.25, 0.3) is 11.8 Å². The minimum Gasteiger partial charge on any atom is -0.444 e. The molecule has 0 saturated carbocycles. The first-order chi connectivity index (χ1) is 16.0. The molecule has 0 bridgehead atoms. The first kappa shape index (κ1) is 24.4. The van der Waals surface area contributed by atoms with Gasteiger partial charge in [-0.2, -0.15) is 0 Å². The van der Waals surface area contributed by atoms with Crippen molar-refractivity contribution in [3.63, 3.8) is 0 Å². The highest BCUT2D eigenvalue weighted by Gasteiger charge is 2.19. The normalized spacial score (nSPS) is 10.9. The fourth-order valence-electron chi connectivity index (χ4n) is 3.02. The van der Waals surface area contributed by atoms with E-state index in [2.05, 4.69) is 16.0 Å². The average molecular weight is 464 g/mol. The Balaban J connectivity index is 1.79. The number of aryl methyl sites for hydroxylation is 1. The van der Waals surface area contributed by atoms with E-state index in [-0.39, 0.29) is 22.8 Å². The molecule has 0 unspecified atom stereocenters. The van der Waals surface area contributed by atoms with Crippen LogP contribution in [0.1, 0.15) is 47.1 Å². The second kappa shape index (κ2) is 10.2. The average Bonchev–Trinajstić information content (AvgIpc) is 2.76. The maximum Gasteiger partial charge on any atom is 0.412 e. The predicted octanol–water partition coefficient (Wildman–Crippen LogP) is 5.99. The van der Waals surface area contributed by atoms with Crippen LogP contribution in [0.2, 0.25) is 0 Å². The van der Waals surface area contributed by atoms with Crippen LogP contribution in [-0.4, -0.2) is 23.5 Å². The molecule has 0 aliphatic heterocycles. The number of halogens is 1. The molecule has 0 aliphatic rings. The van der Waals surface area contributed by atoms with Gasteiger partial charge in [0.2, 0.25) is 0 Å². The van der Waals surface area contributed by atoms with E-state index in [4.69, 9.17) is 4.74 Å². The largest absolute Gasteiger partial charge is 0.444 e. The summed E-state index contributed by atoms with van der Waals surface area (Å²) in [7, 11) is 0. The number of carbonyl (C=O) groups excluding carboxylic acids is 3. The second-order valence-electron chi connectivity index (χ2n) is 8.62. The van der Waals surface area contributed by atoms with E-state index in [0.29, 0.717) is 11.3 Å². The Bertz CT molecular complexity index is 1220. The van der Waals surface area contributed by atoms with E-state index in [1.54, 1.807) is 64.1 Å². The Kier molecular flexibility index (Phi) is 7.31. The lowest BCUT2D eigenvalue weighted by Crippen LogP contribution is -2.27. The molecule has 0 aromatic heterocycles. The molecule has 3 aromatic rings. The lowest BCUT2D eigenvalue weighted by molar-refractivity contribution is 0.0635. The van der Waals surface area contributed by atoms with E-state index in [1.807, 2.05) is 6.07 Å². The van der Waals surface area contributed by atoms with Gasteiger partial charge in [-0.3, -0.25) is 14.9 Å². The molecule has 3 aromatic carbocycles. The van der Waals surface area contributed by atoms with E-state index in [1.165, 1.54) is 12.1 Å². The molecule has 8 heteroatoms. The molecule has 3 amide bonds. The zero-order valence-corrected chi connectivity index (χ0v) is 19.4. The second-order valence-corrected chi connectivity index (χ2v) is 8.62. The molecule has 0 heterocycles. The van der Waals surface area contributed by atoms with Crippen molar-refractivity contribution >= 4 is 35.0 Å². The van der Waals surface area contributed by atoms with Crippen LogP contribution >= 0.6 is 0 Å². The van der Waals surface area contributed by atoms with E-state index < -0.39 is 23.4 Å². The minimum absolute atomic E-state index is 0.0614. The smallest absolute Gasteiger partial charge is 0.412 e. The molecule has 7 nitrogen and oxygen atoms in total. The van der Waals surface area contributed by atoms with Gasteiger partial charge in [0, 0.05) is 16.8 Å². The van der Waals surface area contributed by atoms with Crippen LogP contribution in [0.3, 0.4) is 0 Å². The van der Waals surface area contributed by atoms with Gasteiger partial charge in [-0.25, -0.2) is 9.18 Å². The van der Waals surface area contributed by atoms with Gasteiger partial charge in [-0.15, -0.1) is 0 Å². The summed E-state index contributed by atoms with van der Waals surface area (Å²) in [6.07, 6.45) is -0.740. The third-order valence-corrected chi connectivity index (χ3v) is 4.65. The molecule has 0 saturated heterocycles. The first-order valence-corrected chi connectivity index (χ1v) is 10.6. The molecule has 0 fully saturated rings. The van der Waals surface area contributed by atoms with Crippen molar-refractivity contribution in [2.45, 2.75) is 33.3 Å². The number of ether oxygens (including phenoxy) is 1. The fraction of sp³-hybridized carbons (Fsp3) is 0.192. The van der Waals surface area contributed by atoms with Crippen molar-refractivity contribution in [1.29, 1.82) is 0 Å². The zero-order valence-electron chi connectivity index (χ0n) is 19.4. The van der Waals surface area contributed by atoms with Crippen LogP contribution in [0, 0.1) is 12.7 Å². The Morgan fingerprint density at radius 3 is 2.06 bits per heavy atom. The highest BCUT2D eigenvalue weighted by molar-refractivity contribution is 6.09. The van der Waals surface area contributed by atoms with Gasteiger partial charge >= 0.3 is 6.09 Å². The summed E-state index contributed by atoms with van der Waals surface area (Å²) < 4.78 is 19.1. The van der Waals surface area contributed by atoms with Gasteiger partial charge in [0.05, 0.1) is 11.4 Å². The highest BCUT2D eigenvalue weighted by Crippen LogP contribution is 2.25. The minimum atomic E-state index is -0.740. The molecule has 0 radical (unpaired) electrons. The molecule has 0 atom stereocenters. The Morgan fingerprint density at radius 1 is 0.735 bits per heavy atom. The van der Waals surface area contributed by atoms with Crippen molar-refractivity contribution in [3.05, 3.63) is 89.2 Å². The van der Waals surface area contributed by atoms with Crippen molar-refractivity contribution in [3.8, 4) is 0 Å². The Morgan fingerprint density at radius 2 is 1.38 bits per heavy atom. The Labute approximate surface area is 197 Å². The SMILES string of the molecule is Cc1ccc(C(=O)Nc2cc(F)ccc2NC(=O)OC(C)(C)C)cc1NC(=O)c1ccccc1. The van der Waals surface area contributed by atoms with Gasteiger partial charge < -0.3 is 15.4 Å². The van der Waals surface area contributed by atoms with Crippen LogP contribution in [0.4, 0.5) is 26.2 Å². The zero-order chi connectivity index (χ0) is 24.9. The summed E-state index contributed by atoms with van der Waals surface area (Å²) in [6, 6.07) is 17.1. The van der Waals surface area contributed by atoms with E-state index in [9.17, 15) is 18.8 Å². The molecule has 3 N–H and O–H groups in total. The number of hydrogen-bond donors (Lipinski definition) is 3. The monoisotopic (exact) mass is 463 g/mol. The number of hydrogen-bond acceptors (Lipinski definition) is 4. The molecule has 0 spiro atoms. The van der Waals surface area contributed by atoms with E-state index in [0.717, 1.165) is 17.7 Å². The molecule has 0 aliphatic carbocycles. The maximum absolute atomic E-state index is 13.9. The third kappa shape index (κ3) is 6.65. The number of rotatable bonds is 5. The summed E-state index contributed by atoms with van der Waals surface area (Å²) in [5.41, 5.74) is 1.46. The van der Waals surface area contributed by atoms with Crippen molar-refractivity contribution < 1.29 is 23.5 Å². The molecular formula is C26H26FN3O4. The number of carbonyl (C=O) groups is 3. The van der Waals surface area contributed by atoms with Crippen LogP contribution in [0.25, 0.3) is 0 Å². The lowest BCUT2D eigenvalue weighted by Gasteiger charge is -2.20. The fourth-order valence-corrected chi connectivity index (χ4v) is 3.02. The van der Waals surface area contributed by atoms with Crippen LogP contribution < -0.4 is 16.0 Å². The quantitative estimate of drug-likeness (QED) is 0.433. The highest BCUT2D eigenvalue weighted by atomic mass is 19.1. The van der Waals surface area contributed by atoms with Gasteiger partial charge in [0.15, 0.2) is 0 Å². The molecular weight excluding hydrogens is 437 g/mol. The summed E-state index contributed by atoms with van der Waals surface area (Å²) in [6.45, 7) is 6.94. The number of nitrogens with one attached hydrogen (secondary N) is 3. The number of anilines is 3. The van der Waals surface area contributed by atoms with Crippen LogP contribution in [0.5, 0.6) is 0 Å². The van der Waals surface area contributed by atoms with Gasteiger partial charge in [-0.05, 0) is 75.7 Å². The number of benzene rings is 3. The van der Waals surface area contributed by atoms with Crippen LogP contribution in [0.15, 0.2) is 66.7 Å². The number of amides is 3. The van der Waals surface area contributed by atoms with Gasteiger partial charge in [0.1, 0.15) is 11.4 Å². The van der Waals surface area contributed by atoms with Crippen molar-refractivity contribution in [1.82, 2.24) is 0 Å². The maximum atomic E-state index is 13.9. The van der Waals surface area contributed by atoms with E-state index >= 15 is 0 Å². The summed E-state index contributed by atoms with van der Waals surface area (Å²) in [5.74, 6) is -1.45. The van der Waals surface area contributed by atoms with Crippen molar-refractivity contribution in [2.24, 2.45) is 0 Å². The topological polar surface area (TPSA) is 96.5 Å². The summed E-state index contributed by atoms with van der Waals surface area (Å²) >= 11 is 0. The first-order valence-electron chi connectivity index (χ1n) is 10.6. The Hall–Kier alpha value is -4.20. The summed E-state index contributed by atoms with van der Waals surface area (Å²) in [5, 5.41) is 7.92. The predicted molar refractivity (Wildman–Crippen MR) is 130 cm³/mol. The van der Waals surface area contributed by atoms with Crippen molar-refractivity contribution in [2.75, 3.05) is 16.0 Å². The third-order valence-electron chi connectivity index (χ3n) is 4.65. The molecule has 34 heavy (non-hydrogen) atoms. The standard InChI is InChI=1S/C26H26FN3O4/c1-16-10-11-18(14-21(16)28-23(31)17-8-6-5-7-9-17)24(32)29-22-15-19(27)12-13-20(22)30-25(33)34-26(2,3)4/h5-15H,1-4H3,(H,28,31)(H,29,32)(H,30,33). The van der Waals surface area contributed by atoms with Gasteiger partial charge in [-0.1, -0.05) is 24.3 Å². The van der Waals surface area contributed by atoms with Crippen LogP contribution in [-0.2, 0) is 4.74 Å². The molecule has 176 valence electrons. The molecule has 3 rings (SSSR count). The lowest BCUT2D eigenvalue weighted by atomic mass is 10.1. The summed E-state index contributed by atoms with van der Waals surface area (Å²) in [4.78, 5) is 37.6.